The lowest BCUT2D eigenvalue weighted by atomic mass is 9.97. The molecule has 2 aliphatic rings. The monoisotopic (exact) mass is 322 g/mol. The minimum atomic E-state index is 0.566. The van der Waals surface area contributed by atoms with Crippen molar-refractivity contribution < 1.29 is 4.74 Å². The molecule has 2 rings (SSSR count). The molecule has 2 aliphatic carbocycles. The first kappa shape index (κ1) is 12.2. The van der Waals surface area contributed by atoms with Crippen molar-refractivity contribution in [2.45, 2.75) is 80.3 Å². The fourth-order valence-electron chi connectivity index (χ4n) is 2.83. The Bertz CT molecular complexity index is 177. The first-order valence-electron chi connectivity index (χ1n) is 6.66. The van der Waals surface area contributed by atoms with Gasteiger partial charge in [-0.05, 0) is 25.7 Å². The van der Waals surface area contributed by atoms with Crippen LogP contribution in [0.4, 0.5) is 0 Å². The summed E-state index contributed by atoms with van der Waals surface area (Å²) in [6, 6.07) is 0. The van der Waals surface area contributed by atoms with Crippen molar-refractivity contribution in [2.24, 2.45) is 0 Å². The molecule has 15 heavy (non-hydrogen) atoms. The van der Waals surface area contributed by atoms with Gasteiger partial charge < -0.3 is 4.74 Å². The molecule has 0 spiro atoms. The molecule has 0 bridgehead atoms. The van der Waals surface area contributed by atoms with Crippen LogP contribution in [0.3, 0.4) is 0 Å². The number of halogens is 1. The number of hydrogen-bond acceptors (Lipinski definition) is 1. The van der Waals surface area contributed by atoms with Gasteiger partial charge in [-0.2, -0.15) is 0 Å². The summed E-state index contributed by atoms with van der Waals surface area (Å²) in [5, 5.41) is 0. The predicted octanol–water partition coefficient (Wildman–Crippen LogP) is 4.47. The van der Waals surface area contributed by atoms with Crippen molar-refractivity contribution in [1.29, 1.82) is 0 Å². The predicted molar refractivity (Wildman–Crippen MR) is 72.6 cm³/mol. The highest BCUT2D eigenvalue weighted by atomic mass is 127. The molecule has 2 heteroatoms. The Kier molecular flexibility index (Phi) is 5.21. The van der Waals surface area contributed by atoms with Crippen molar-refractivity contribution in [2.75, 3.05) is 0 Å². The second-order valence-electron chi connectivity index (χ2n) is 5.09. The van der Waals surface area contributed by atoms with Crippen molar-refractivity contribution in [3.05, 3.63) is 0 Å². The third-order valence-electron chi connectivity index (χ3n) is 3.79. The molecule has 0 saturated heterocycles. The van der Waals surface area contributed by atoms with Gasteiger partial charge in [-0.1, -0.05) is 61.1 Å². The fourth-order valence-corrected chi connectivity index (χ4v) is 3.80. The zero-order valence-corrected chi connectivity index (χ0v) is 11.7. The molecule has 2 unspecified atom stereocenters. The molecule has 1 nitrogen and oxygen atoms in total. The van der Waals surface area contributed by atoms with E-state index < -0.39 is 0 Å². The average molecular weight is 322 g/mol. The van der Waals surface area contributed by atoms with E-state index in [0.717, 1.165) is 3.92 Å². The summed E-state index contributed by atoms with van der Waals surface area (Å²) in [4.78, 5) is 0. The zero-order chi connectivity index (χ0) is 10.5. The van der Waals surface area contributed by atoms with E-state index in [-0.39, 0.29) is 0 Å². The Balaban J connectivity index is 1.79. The number of hydrogen-bond donors (Lipinski definition) is 0. The van der Waals surface area contributed by atoms with E-state index in [4.69, 9.17) is 4.74 Å². The molecule has 0 aromatic heterocycles. The van der Waals surface area contributed by atoms with Crippen LogP contribution in [0.25, 0.3) is 0 Å². The first-order valence-corrected chi connectivity index (χ1v) is 7.90. The highest BCUT2D eigenvalue weighted by molar-refractivity contribution is 14.1. The van der Waals surface area contributed by atoms with E-state index in [1.54, 1.807) is 0 Å². The topological polar surface area (TPSA) is 9.23 Å². The average Bonchev–Trinajstić information content (AvgIpc) is 2.46. The molecule has 2 atom stereocenters. The van der Waals surface area contributed by atoms with Crippen molar-refractivity contribution in [1.82, 2.24) is 0 Å². The maximum absolute atomic E-state index is 6.32. The second kappa shape index (κ2) is 6.43. The number of ether oxygens (including phenoxy) is 1. The summed E-state index contributed by atoms with van der Waals surface area (Å²) < 4.78 is 7.09. The molecule has 0 aromatic carbocycles. The smallest absolute Gasteiger partial charge is 0.0696 e. The number of rotatable bonds is 2. The molecule has 0 radical (unpaired) electrons. The van der Waals surface area contributed by atoms with Crippen LogP contribution in [0.1, 0.15) is 64.2 Å². The Morgan fingerprint density at radius 3 is 2.07 bits per heavy atom. The number of alkyl halides is 1. The van der Waals surface area contributed by atoms with E-state index in [1.807, 2.05) is 0 Å². The maximum atomic E-state index is 6.32. The SMILES string of the molecule is IC1CCCCCC1OC1CCCCC1. The Morgan fingerprint density at radius 2 is 1.33 bits per heavy atom. The van der Waals surface area contributed by atoms with Crippen molar-refractivity contribution >= 4 is 22.6 Å². The van der Waals surface area contributed by atoms with Gasteiger partial charge in [0.2, 0.25) is 0 Å². The second-order valence-corrected chi connectivity index (χ2v) is 6.69. The van der Waals surface area contributed by atoms with Crippen LogP contribution in [0.2, 0.25) is 0 Å². The molecule has 2 fully saturated rings. The molecule has 0 aromatic rings. The quantitative estimate of drug-likeness (QED) is 0.414. The summed E-state index contributed by atoms with van der Waals surface area (Å²) in [5.74, 6) is 0. The van der Waals surface area contributed by atoms with Gasteiger partial charge in [0.05, 0.1) is 12.2 Å². The van der Waals surface area contributed by atoms with Crippen molar-refractivity contribution in [3.63, 3.8) is 0 Å². The highest BCUT2D eigenvalue weighted by Crippen LogP contribution is 2.30. The molecular formula is C13H23IO. The molecule has 2 saturated carbocycles. The van der Waals surface area contributed by atoms with E-state index >= 15 is 0 Å². The summed E-state index contributed by atoms with van der Waals surface area (Å²) in [6.45, 7) is 0. The third kappa shape index (κ3) is 3.88. The summed E-state index contributed by atoms with van der Waals surface area (Å²) in [5.41, 5.74) is 0. The van der Waals surface area contributed by atoms with Gasteiger partial charge in [0, 0.05) is 3.92 Å². The van der Waals surface area contributed by atoms with Crippen LogP contribution in [0.5, 0.6) is 0 Å². The van der Waals surface area contributed by atoms with Gasteiger partial charge >= 0.3 is 0 Å². The van der Waals surface area contributed by atoms with Crippen LogP contribution in [0, 0.1) is 0 Å². The van der Waals surface area contributed by atoms with Gasteiger partial charge in [-0.3, -0.25) is 0 Å². The van der Waals surface area contributed by atoms with E-state index in [0.29, 0.717) is 12.2 Å². The van der Waals surface area contributed by atoms with Gasteiger partial charge in [0.1, 0.15) is 0 Å². The third-order valence-corrected chi connectivity index (χ3v) is 5.22. The molecule has 0 heterocycles. The van der Waals surface area contributed by atoms with Gasteiger partial charge in [-0.25, -0.2) is 0 Å². The van der Waals surface area contributed by atoms with Crippen LogP contribution >= 0.6 is 22.6 Å². The fraction of sp³-hybridized carbons (Fsp3) is 1.00. The Hall–Kier alpha value is 0.690. The summed E-state index contributed by atoms with van der Waals surface area (Å²) in [6.07, 6.45) is 14.9. The minimum Gasteiger partial charge on any atom is -0.374 e. The van der Waals surface area contributed by atoms with E-state index in [2.05, 4.69) is 22.6 Å². The van der Waals surface area contributed by atoms with Crippen molar-refractivity contribution in [3.8, 4) is 0 Å². The molecule has 0 N–H and O–H groups in total. The summed E-state index contributed by atoms with van der Waals surface area (Å²) in [7, 11) is 0. The zero-order valence-electron chi connectivity index (χ0n) is 9.59. The van der Waals surface area contributed by atoms with Crippen LogP contribution in [-0.4, -0.2) is 16.1 Å². The van der Waals surface area contributed by atoms with Gasteiger partial charge in [0.15, 0.2) is 0 Å². The van der Waals surface area contributed by atoms with Gasteiger partial charge in [-0.15, -0.1) is 0 Å². The van der Waals surface area contributed by atoms with E-state index in [9.17, 15) is 0 Å². The van der Waals surface area contributed by atoms with Gasteiger partial charge in [0.25, 0.3) is 0 Å². The largest absolute Gasteiger partial charge is 0.374 e. The lowest BCUT2D eigenvalue weighted by molar-refractivity contribution is -0.0309. The summed E-state index contributed by atoms with van der Waals surface area (Å²) >= 11 is 2.61. The first-order chi connectivity index (χ1) is 7.36. The molecule has 0 amide bonds. The van der Waals surface area contributed by atoms with Crippen LogP contribution < -0.4 is 0 Å². The lowest BCUT2D eigenvalue weighted by Gasteiger charge is -2.29. The highest BCUT2D eigenvalue weighted by Gasteiger charge is 2.25. The van der Waals surface area contributed by atoms with E-state index in [1.165, 1.54) is 64.2 Å². The standard InChI is InChI=1S/C13H23IO/c14-12-9-5-2-6-10-13(12)15-11-7-3-1-4-8-11/h11-13H,1-10H2. The molecular weight excluding hydrogens is 299 g/mol. The Morgan fingerprint density at radius 1 is 0.733 bits per heavy atom. The maximum Gasteiger partial charge on any atom is 0.0696 e. The van der Waals surface area contributed by atoms with Crippen LogP contribution in [0.15, 0.2) is 0 Å². The normalized spacial score (nSPS) is 35.0. The lowest BCUT2D eigenvalue weighted by Crippen LogP contribution is -2.29. The minimum absolute atomic E-state index is 0.566. The molecule has 0 aliphatic heterocycles. The molecule has 88 valence electrons. The Labute approximate surface area is 107 Å². The van der Waals surface area contributed by atoms with Crippen LogP contribution in [-0.2, 0) is 4.74 Å².